The van der Waals surface area contributed by atoms with Crippen LogP contribution in [0.5, 0.6) is 5.75 Å². The highest BCUT2D eigenvalue weighted by Gasteiger charge is 2.52. The number of carbonyl (C=O) groups is 3. The number of rotatable bonds is 8. The molecule has 1 heterocycles. The van der Waals surface area contributed by atoms with Crippen molar-refractivity contribution in [3.63, 3.8) is 0 Å². The fraction of sp³-hybridized carbons (Fsp3) is 0.286. The molecule has 0 bridgehead atoms. The second kappa shape index (κ2) is 9.00. The molecule has 1 aliphatic heterocycles. The zero-order chi connectivity index (χ0) is 20.9. The Hall–Kier alpha value is -3.00. The van der Waals surface area contributed by atoms with Crippen LogP contribution in [0, 0.1) is 0 Å². The molecule has 0 aromatic heterocycles. The number of carbonyl (C=O) groups excluding carboxylic acids is 3. The minimum absolute atomic E-state index is 0.0650. The van der Waals surface area contributed by atoms with Gasteiger partial charge in [0, 0.05) is 4.90 Å². The molecule has 1 atom stereocenters. The van der Waals surface area contributed by atoms with E-state index in [-0.39, 0.29) is 5.75 Å². The Morgan fingerprint density at radius 3 is 2.41 bits per heavy atom. The van der Waals surface area contributed by atoms with Crippen LogP contribution in [0.4, 0.5) is 4.79 Å². The van der Waals surface area contributed by atoms with Gasteiger partial charge in [0.05, 0.1) is 12.4 Å². The van der Waals surface area contributed by atoms with Crippen molar-refractivity contribution in [1.82, 2.24) is 15.8 Å². The highest BCUT2D eigenvalue weighted by Crippen LogP contribution is 2.31. The normalized spacial score (nSPS) is 18.5. The van der Waals surface area contributed by atoms with Gasteiger partial charge in [0.2, 0.25) is 5.91 Å². The zero-order valence-corrected chi connectivity index (χ0v) is 17.1. The van der Waals surface area contributed by atoms with Crippen molar-refractivity contribution < 1.29 is 19.1 Å². The van der Waals surface area contributed by atoms with Crippen LogP contribution in [0.1, 0.15) is 25.8 Å². The summed E-state index contributed by atoms with van der Waals surface area (Å²) in [5.41, 5.74) is 1.94. The van der Waals surface area contributed by atoms with Gasteiger partial charge in [-0.05, 0) is 43.2 Å². The third-order valence-electron chi connectivity index (χ3n) is 4.63. The van der Waals surface area contributed by atoms with E-state index in [4.69, 9.17) is 4.74 Å². The van der Waals surface area contributed by atoms with Crippen LogP contribution in [0.25, 0.3) is 0 Å². The van der Waals surface area contributed by atoms with Crippen LogP contribution in [0.2, 0.25) is 0 Å². The van der Waals surface area contributed by atoms with Crippen LogP contribution in [-0.4, -0.2) is 35.2 Å². The summed E-state index contributed by atoms with van der Waals surface area (Å²) in [6.45, 7) is 4.31. The maximum atomic E-state index is 13.0. The number of amides is 4. The lowest BCUT2D eigenvalue weighted by atomic mass is 9.87. The summed E-state index contributed by atoms with van der Waals surface area (Å²) in [5.74, 6) is -0.101. The average Bonchev–Trinajstić information content (AvgIpc) is 2.99. The van der Waals surface area contributed by atoms with Crippen LogP contribution < -0.4 is 15.5 Å². The SMILES string of the molecule is CCOc1ccc(SCC(=O)NN2C(=O)N[C@](CC)(c3ccccc3)C2=O)cc1. The molecule has 7 nitrogen and oxygen atoms in total. The van der Waals surface area contributed by atoms with Gasteiger partial charge in [-0.15, -0.1) is 11.8 Å². The Bertz CT molecular complexity index is 889. The van der Waals surface area contributed by atoms with Crippen molar-refractivity contribution in [2.75, 3.05) is 12.4 Å². The Morgan fingerprint density at radius 2 is 1.79 bits per heavy atom. The van der Waals surface area contributed by atoms with Gasteiger partial charge >= 0.3 is 6.03 Å². The van der Waals surface area contributed by atoms with Gasteiger partial charge in [-0.2, -0.15) is 5.01 Å². The average molecular weight is 413 g/mol. The van der Waals surface area contributed by atoms with Gasteiger partial charge in [0.15, 0.2) is 0 Å². The molecule has 8 heteroatoms. The molecule has 152 valence electrons. The van der Waals surface area contributed by atoms with Crippen molar-refractivity contribution >= 4 is 29.6 Å². The van der Waals surface area contributed by atoms with Crippen molar-refractivity contribution in [1.29, 1.82) is 0 Å². The number of hydrazine groups is 1. The van der Waals surface area contributed by atoms with Crippen molar-refractivity contribution in [3.05, 3.63) is 60.2 Å². The second-order valence-corrected chi connectivity index (χ2v) is 7.47. The minimum atomic E-state index is -1.17. The summed E-state index contributed by atoms with van der Waals surface area (Å²) in [7, 11) is 0. The van der Waals surface area contributed by atoms with E-state index in [1.54, 1.807) is 24.3 Å². The maximum Gasteiger partial charge on any atom is 0.344 e. The lowest BCUT2D eigenvalue weighted by Gasteiger charge is -2.25. The number of urea groups is 1. The van der Waals surface area contributed by atoms with E-state index in [1.807, 2.05) is 44.2 Å². The predicted molar refractivity (Wildman–Crippen MR) is 110 cm³/mol. The monoisotopic (exact) mass is 413 g/mol. The summed E-state index contributed by atoms with van der Waals surface area (Å²) < 4.78 is 5.39. The predicted octanol–water partition coefficient (Wildman–Crippen LogP) is 3.07. The maximum absolute atomic E-state index is 13.0. The molecule has 2 aromatic carbocycles. The first-order chi connectivity index (χ1) is 14.0. The highest BCUT2D eigenvalue weighted by atomic mass is 32.2. The molecule has 0 saturated carbocycles. The minimum Gasteiger partial charge on any atom is -0.494 e. The third kappa shape index (κ3) is 4.37. The lowest BCUT2D eigenvalue weighted by molar-refractivity contribution is -0.138. The summed E-state index contributed by atoms with van der Waals surface area (Å²) in [6, 6.07) is 15.8. The zero-order valence-electron chi connectivity index (χ0n) is 16.3. The molecule has 0 aliphatic carbocycles. The van der Waals surface area contributed by atoms with Crippen molar-refractivity contribution in [2.24, 2.45) is 0 Å². The number of hydrogen-bond donors (Lipinski definition) is 2. The largest absolute Gasteiger partial charge is 0.494 e. The van der Waals surface area contributed by atoms with Crippen molar-refractivity contribution in [3.8, 4) is 5.75 Å². The first-order valence-electron chi connectivity index (χ1n) is 9.37. The molecule has 0 unspecified atom stereocenters. The van der Waals surface area contributed by atoms with Crippen LogP contribution in [-0.2, 0) is 15.1 Å². The van der Waals surface area contributed by atoms with E-state index in [0.717, 1.165) is 15.7 Å². The van der Waals surface area contributed by atoms with Gasteiger partial charge < -0.3 is 10.1 Å². The molecule has 0 spiro atoms. The molecule has 2 N–H and O–H groups in total. The Labute approximate surface area is 173 Å². The fourth-order valence-electron chi connectivity index (χ4n) is 3.14. The Kier molecular flexibility index (Phi) is 6.43. The molecule has 2 aromatic rings. The van der Waals surface area contributed by atoms with Gasteiger partial charge in [-0.25, -0.2) is 4.79 Å². The Balaban J connectivity index is 1.63. The highest BCUT2D eigenvalue weighted by molar-refractivity contribution is 8.00. The van der Waals surface area contributed by atoms with Crippen LogP contribution in [0.15, 0.2) is 59.5 Å². The van der Waals surface area contributed by atoms with Gasteiger partial charge in [-0.3, -0.25) is 15.0 Å². The van der Waals surface area contributed by atoms with Gasteiger partial charge in [0.25, 0.3) is 5.91 Å². The lowest BCUT2D eigenvalue weighted by Crippen LogP contribution is -2.49. The van der Waals surface area contributed by atoms with Crippen LogP contribution in [0.3, 0.4) is 0 Å². The number of ether oxygens (including phenoxy) is 1. The molecule has 29 heavy (non-hydrogen) atoms. The molecule has 0 radical (unpaired) electrons. The molecule has 1 saturated heterocycles. The number of hydrogen-bond acceptors (Lipinski definition) is 5. The third-order valence-corrected chi connectivity index (χ3v) is 5.64. The molecule has 1 fully saturated rings. The summed E-state index contributed by atoms with van der Waals surface area (Å²) in [4.78, 5) is 38.6. The smallest absolute Gasteiger partial charge is 0.344 e. The van der Waals surface area contributed by atoms with Gasteiger partial charge in [-0.1, -0.05) is 37.3 Å². The first-order valence-corrected chi connectivity index (χ1v) is 10.4. The second-order valence-electron chi connectivity index (χ2n) is 6.42. The summed E-state index contributed by atoms with van der Waals surface area (Å²) >= 11 is 1.31. The van der Waals surface area contributed by atoms with E-state index in [1.165, 1.54) is 11.8 Å². The Morgan fingerprint density at radius 1 is 1.10 bits per heavy atom. The quantitative estimate of drug-likeness (QED) is 0.513. The molecule has 1 aliphatic rings. The number of imide groups is 1. The van der Waals surface area contributed by atoms with E-state index < -0.39 is 23.4 Å². The molecule has 4 amide bonds. The van der Waals surface area contributed by atoms with Gasteiger partial charge in [0.1, 0.15) is 11.3 Å². The van der Waals surface area contributed by atoms with E-state index in [0.29, 0.717) is 18.6 Å². The van der Waals surface area contributed by atoms with E-state index >= 15 is 0 Å². The topological polar surface area (TPSA) is 87.7 Å². The number of nitrogens with zero attached hydrogens (tertiary/aromatic N) is 1. The standard InChI is InChI=1S/C21H23N3O4S/c1-3-21(15-8-6-5-7-9-15)19(26)24(20(27)22-21)23-18(25)14-29-17-12-10-16(11-13-17)28-4-2/h5-13H,3-4,14H2,1-2H3,(H,22,27)(H,23,25)/t21-/m1/s1. The van der Waals surface area contributed by atoms with E-state index in [9.17, 15) is 14.4 Å². The molecule has 3 rings (SSSR count). The summed E-state index contributed by atoms with van der Waals surface area (Å²) in [5, 5.41) is 3.51. The summed E-state index contributed by atoms with van der Waals surface area (Å²) in [6.07, 6.45) is 0.370. The number of nitrogens with one attached hydrogen (secondary N) is 2. The molecular formula is C21H23N3O4S. The fourth-order valence-corrected chi connectivity index (χ4v) is 3.83. The van der Waals surface area contributed by atoms with E-state index in [2.05, 4.69) is 10.7 Å². The molecular weight excluding hydrogens is 390 g/mol. The van der Waals surface area contributed by atoms with Crippen molar-refractivity contribution in [2.45, 2.75) is 30.7 Å². The number of thioether (sulfide) groups is 1. The van der Waals surface area contributed by atoms with Crippen LogP contribution >= 0.6 is 11.8 Å². The first kappa shape index (κ1) is 20.7. The number of benzene rings is 2.